The first kappa shape index (κ1) is 22.6. The molecule has 184 valence electrons. The molecule has 2 N–H and O–H groups in total. The first-order valence-electron chi connectivity index (χ1n) is 14.1. The number of allylic oxidation sites excluding steroid dienone is 1. The maximum atomic E-state index is 11.6. The Labute approximate surface area is 201 Å². The molecule has 2 aliphatic heterocycles. The second-order valence-electron chi connectivity index (χ2n) is 13.5. The van der Waals surface area contributed by atoms with Gasteiger partial charge in [-0.05, 0) is 119 Å². The Balaban J connectivity index is 1.20. The Kier molecular flexibility index (Phi) is 5.53. The lowest BCUT2D eigenvalue weighted by atomic mass is 9.52. The second kappa shape index (κ2) is 8.08. The highest BCUT2D eigenvalue weighted by atomic mass is 16.5. The van der Waals surface area contributed by atoms with Gasteiger partial charge in [-0.1, -0.05) is 25.0 Å². The highest BCUT2D eigenvalue weighted by Crippen LogP contribution is 2.65. The number of fused-ring (bicyclic) bond motifs is 6. The normalized spacial score (nSPS) is 51.4. The van der Waals surface area contributed by atoms with E-state index in [1.165, 1.54) is 70.6 Å². The molecular weight excluding hydrogens is 408 g/mol. The van der Waals surface area contributed by atoms with Gasteiger partial charge < -0.3 is 15.4 Å². The molecule has 6 aliphatic rings. The van der Waals surface area contributed by atoms with E-state index in [9.17, 15) is 4.79 Å². The van der Waals surface area contributed by atoms with Gasteiger partial charge in [-0.2, -0.15) is 0 Å². The minimum atomic E-state index is 0.0981. The third kappa shape index (κ3) is 3.73. The van der Waals surface area contributed by atoms with Gasteiger partial charge in [0.25, 0.3) is 0 Å². The summed E-state index contributed by atoms with van der Waals surface area (Å²) >= 11 is 0. The zero-order valence-corrected chi connectivity index (χ0v) is 21.4. The van der Waals surface area contributed by atoms with Crippen LogP contribution in [-0.4, -0.2) is 36.2 Å². The molecule has 0 radical (unpaired) electrons. The molecule has 2 heterocycles. The van der Waals surface area contributed by atoms with E-state index in [1.807, 2.05) is 5.57 Å². The quantitative estimate of drug-likeness (QED) is 0.524. The molecule has 5 fully saturated rings. The van der Waals surface area contributed by atoms with Crippen molar-refractivity contribution in [3.63, 3.8) is 0 Å². The number of hydrogen-bond acceptors (Lipinski definition) is 3. The summed E-state index contributed by atoms with van der Waals surface area (Å²) in [5.74, 6) is 4.21. The minimum absolute atomic E-state index is 0.0981. The van der Waals surface area contributed by atoms with Crippen LogP contribution in [0.2, 0.25) is 0 Å². The van der Waals surface area contributed by atoms with Gasteiger partial charge in [0.05, 0.1) is 11.7 Å². The summed E-state index contributed by atoms with van der Waals surface area (Å²) in [4.78, 5) is 11.6. The van der Waals surface area contributed by atoms with Gasteiger partial charge >= 0.3 is 0 Å². The molecule has 4 aliphatic carbocycles. The van der Waals surface area contributed by atoms with Crippen LogP contribution < -0.4 is 10.6 Å². The molecule has 1 spiro atoms. The summed E-state index contributed by atoms with van der Waals surface area (Å²) in [5.41, 5.74) is 4.09. The van der Waals surface area contributed by atoms with Gasteiger partial charge in [-0.3, -0.25) is 4.79 Å². The zero-order chi connectivity index (χ0) is 23.0. The smallest absolute Gasteiger partial charge is 0.217 e. The van der Waals surface area contributed by atoms with Crippen molar-refractivity contribution >= 4 is 5.91 Å². The number of carbonyl (C=O) groups is 1. The molecule has 0 aromatic rings. The monoisotopic (exact) mass is 454 g/mol. The van der Waals surface area contributed by atoms with Crippen molar-refractivity contribution < 1.29 is 9.53 Å². The van der Waals surface area contributed by atoms with E-state index in [-0.39, 0.29) is 11.5 Å². The van der Waals surface area contributed by atoms with Crippen molar-refractivity contribution in [3.05, 3.63) is 11.1 Å². The fraction of sp³-hybridized carbons (Fsp3) is 0.897. The molecule has 3 saturated carbocycles. The van der Waals surface area contributed by atoms with E-state index in [4.69, 9.17) is 4.74 Å². The second-order valence-corrected chi connectivity index (χ2v) is 13.5. The maximum Gasteiger partial charge on any atom is 0.217 e. The van der Waals surface area contributed by atoms with Crippen molar-refractivity contribution in [1.29, 1.82) is 0 Å². The number of carbonyl (C=O) groups excluding carboxylic acids is 1. The van der Waals surface area contributed by atoms with Crippen LogP contribution in [0.1, 0.15) is 98.3 Å². The third-order valence-corrected chi connectivity index (χ3v) is 11.4. The van der Waals surface area contributed by atoms with Crippen LogP contribution in [0.15, 0.2) is 11.1 Å². The summed E-state index contributed by atoms with van der Waals surface area (Å²) in [6.07, 6.45) is 14.5. The minimum Gasteiger partial charge on any atom is -0.370 e. The van der Waals surface area contributed by atoms with E-state index in [0.717, 1.165) is 36.1 Å². The molecule has 0 aromatic carbocycles. The van der Waals surface area contributed by atoms with Gasteiger partial charge in [-0.15, -0.1) is 0 Å². The molecular formula is C29H46N2O2. The molecule has 33 heavy (non-hydrogen) atoms. The van der Waals surface area contributed by atoms with Crippen molar-refractivity contribution in [2.45, 2.75) is 122 Å². The largest absolute Gasteiger partial charge is 0.370 e. The predicted octanol–water partition coefficient (Wildman–Crippen LogP) is 5.37. The third-order valence-electron chi connectivity index (χ3n) is 11.4. The van der Waals surface area contributed by atoms with E-state index < -0.39 is 0 Å². The summed E-state index contributed by atoms with van der Waals surface area (Å²) in [6.45, 7) is 10.3. The SMILES string of the molecule is CC(=O)N[C@@H]1CC[C@@]2(C)[C@H](CC[C@H]3[C@@H]4CC[C@]5(CC(C)=C4C[C@@H]32)C[C@@H]2NC[C@@H](C)C[C@H]2O5)C1. The molecule has 1 amide bonds. The van der Waals surface area contributed by atoms with Crippen molar-refractivity contribution in [3.8, 4) is 0 Å². The van der Waals surface area contributed by atoms with E-state index in [2.05, 4.69) is 31.4 Å². The van der Waals surface area contributed by atoms with Crippen LogP contribution in [0.4, 0.5) is 0 Å². The van der Waals surface area contributed by atoms with Gasteiger partial charge in [0.2, 0.25) is 5.91 Å². The van der Waals surface area contributed by atoms with Crippen LogP contribution in [0.5, 0.6) is 0 Å². The van der Waals surface area contributed by atoms with Gasteiger partial charge in [0.15, 0.2) is 0 Å². The Morgan fingerprint density at radius 2 is 2.00 bits per heavy atom. The number of piperidine rings is 1. The maximum absolute atomic E-state index is 11.6. The predicted molar refractivity (Wildman–Crippen MR) is 132 cm³/mol. The van der Waals surface area contributed by atoms with Crippen LogP contribution in [-0.2, 0) is 9.53 Å². The summed E-state index contributed by atoms with van der Waals surface area (Å²) < 4.78 is 6.93. The summed E-state index contributed by atoms with van der Waals surface area (Å²) in [5, 5.41) is 7.06. The highest BCUT2D eigenvalue weighted by Gasteiger charge is 2.57. The summed E-state index contributed by atoms with van der Waals surface area (Å²) in [6, 6.07) is 0.988. The zero-order valence-electron chi connectivity index (χ0n) is 21.4. The van der Waals surface area contributed by atoms with Crippen LogP contribution >= 0.6 is 0 Å². The highest BCUT2D eigenvalue weighted by molar-refractivity contribution is 5.73. The molecule has 0 unspecified atom stereocenters. The van der Waals surface area contributed by atoms with Crippen molar-refractivity contribution in [2.75, 3.05) is 6.54 Å². The number of amides is 1. The Bertz CT molecular complexity index is 837. The van der Waals surface area contributed by atoms with Crippen molar-refractivity contribution in [2.24, 2.45) is 35.0 Å². The van der Waals surface area contributed by atoms with Gasteiger partial charge in [0, 0.05) is 19.0 Å². The molecule has 4 nitrogen and oxygen atoms in total. The lowest BCUT2D eigenvalue weighted by Gasteiger charge is -2.54. The first-order chi connectivity index (χ1) is 15.8. The first-order valence-corrected chi connectivity index (χ1v) is 14.1. The lowest BCUT2D eigenvalue weighted by Crippen LogP contribution is -2.50. The van der Waals surface area contributed by atoms with Crippen LogP contribution in [0.25, 0.3) is 0 Å². The number of hydrogen-bond donors (Lipinski definition) is 2. The Morgan fingerprint density at radius 3 is 2.82 bits per heavy atom. The fourth-order valence-electron chi connectivity index (χ4n) is 9.86. The lowest BCUT2D eigenvalue weighted by molar-refractivity contribution is -0.121. The fourth-order valence-corrected chi connectivity index (χ4v) is 9.86. The average Bonchev–Trinajstić information content (AvgIpc) is 3.27. The Hall–Kier alpha value is -0.870. The average molecular weight is 455 g/mol. The molecule has 0 bridgehead atoms. The molecule has 6 rings (SSSR count). The van der Waals surface area contributed by atoms with Crippen molar-refractivity contribution in [1.82, 2.24) is 10.6 Å². The van der Waals surface area contributed by atoms with E-state index >= 15 is 0 Å². The van der Waals surface area contributed by atoms with Crippen LogP contribution in [0, 0.1) is 35.0 Å². The number of rotatable bonds is 1. The standard InChI is InChI=1S/C29H46N2O2/c1-17-11-27-26(30-16-17)15-29(33-27)10-8-22-23-6-5-20-12-21(31-19(3)32)7-9-28(20,4)25(23)13-24(22)18(2)14-29/h17,20-23,25-27,30H,5-16H2,1-4H3,(H,31,32)/t17-,20+,21+,22-,23-,25-,26-,27+,28-,29-/m0/s1. The van der Waals surface area contributed by atoms with E-state index in [0.29, 0.717) is 23.6 Å². The van der Waals surface area contributed by atoms with Gasteiger partial charge in [-0.25, -0.2) is 0 Å². The molecule has 0 aromatic heterocycles. The molecule has 2 saturated heterocycles. The van der Waals surface area contributed by atoms with E-state index in [1.54, 1.807) is 12.5 Å². The number of ether oxygens (including phenoxy) is 1. The van der Waals surface area contributed by atoms with Gasteiger partial charge in [0.1, 0.15) is 0 Å². The van der Waals surface area contributed by atoms with Crippen LogP contribution in [0.3, 0.4) is 0 Å². The number of nitrogens with one attached hydrogen (secondary N) is 2. The molecule has 10 atom stereocenters. The Morgan fingerprint density at radius 1 is 1.15 bits per heavy atom. The molecule has 4 heteroatoms. The topological polar surface area (TPSA) is 50.4 Å². The summed E-state index contributed by atoms with van der Waals surface area (Å²) in [7, 11) is 0.